The van der Waals surface area contributed by atoms with Crippen LogP contribution in [0.2, 0.25) is 0 Å². The van der Waals surface area contributed by atoms with Crippen LogP contribution < -0.4 is 0 Å². The molecule has 2 rings (SSSR count). The Bertz CT molecular complexity index is 748. The van der Waals surface area contributed by atoms with Gasteiger partial charge in [-0.3, -0.25) is 9.59 Å². The first-order valence-corrected chi connectivity index (χ1v) is 8.22. The van der Waals surface area contributed by atoms with Crippen molar-refractivity contribution in [2.45, 2.75) is 40.0 Å². The lowest BCUT2D eigenvalue weighted by Gasteiger charge is -2.34. The highest BCUT2D eigenvalue weighted by atomic mass is 16.5. The SMILES string of the molecule is C#CC1=CCCC(/N=N/C2=C(O)CC(C)(C)C(C(=O)OCC)C2=O)=C1. The highest BCUT2D eigenvalue weighted by molar-refractivity contribution is 6.09. The second kappa shape index (κ2) is 7.47. The van der Waals surface area contributed by atoms with E-state index < -0.39 is 23.1 Å². The molecule has 25 heavy (non-hydrogen) atoms. The molecule has 6 nitrogen and oxygen atoms in total. The minimum absolute atomic E-state index is 0.144. The average molecular weight is 342 g/mol. The fourth-order valence-corrected chi connectivity index (χ4v) is 2.99. The van der Waals surface area contributed by atoms with E-state index in [1.165, 1.54) is 0 Å². The number of allylic oxidation sites excluding steroid dienone is 6. The molecule has 0 aliphatic heterocycles. The van der Waals surface area contributed by atoms with Gasteiger partial charge in [-0.2, -0.15) is 5.11 Å². The van der Waals surface area contributed by atoms with Crippen molar-refractivity contribution in [1.29, 1.82) is 0 Å². The van der Waals surface area contributed by atoms with Gasteiger partial charge < -0.3 is 9.84 Å². The number of terminal acetylenes is 1. The topological polar surface area (TPSA) is 88.3 Å². The Morgan fingerprint density at radius 2 is 2.20 bits per heavy atom. The quantitative estimate of drug-likeness (QED) is 0.366. The van der Waals surface area contributed by atoms with Gasteiger partial charge in [0, 0.05) is 12.0 Å². The smallest absolute Gasteiger partial charge is 0.317 e. The molecule has 0 amide bonds. The zero-order valence-electron chi connectivity index (χ0n) is 14.7. The fourth-order valence-electron chi connectivity index (χ4n) is 2.99. The van der Waals surface area contributed by atoms with Crippen molar-refractivity contribution in [1.82, 2.24) is 0 Å². The van der Waals surface area contributed by atoms with Crippen LogP contribution in [0.3, 0.4) is 0 Å². The molecule has 6 heteroatoms. The highest BCUT2D eigenvalue weighted by Gasteiger charge is 2.48. The molecular formula is C19H22N2O4. The van der Waals surface area contributed by atoms with Crippen LogP contribution in [0, 0.1) is 23.7 Å². The summed E-state index contributed by atoms with van der Waals surface area (Å²) < 4.78 is 5.02. The first kappa shape index (κ1) is 18.7. The highest BCUT2D eigenvalue weighted by Crippen LogP contribution is 2.41. The molecule has 0 spiro atoms. The van der Waals surface area contributed by atoms with Crippen molar-refractivity contribution in [2.24, 2.45) is 21.6 Å². The van der Waals surface area contributed by atoms with Gasteiger partial charge >= 0.3 is 5.97 Å². The summed E-state index contributed by atoms with van der Waals surface area (Å²) in [6.07, 6.45) is 10.5. The van der Waals surface area contributed by atoms with Crippen LogP contribution >= 0.6 is 0 Å². The van der Waals surface area contributed by atoms with E-state index in [4.69, 9.17) is 11.2 Å². The van der Waals surface area contributed by atoms with Crippen molar-refractivity contribution in [2.75, 3.05) is 6.61 Å². The van der Waals surface area contributed by atoms with E-state index >= 15 is 0 Å². The number of aliphatic hydroxyl groups is 1. The van der Waals surface area contributed by atoms with Crippen LogP contribution in [0.4, 0.5) is 0 Å². The van der Waals surface area contributed by atoms with Crippen LogP contribution in [0.5, 0.6) is 0 Å². The molecule has 1 atom stereocenters. The lowest BCUT2D eigenvalue weighted by atomic mass is 9.69. The van der Waals surface area contributed by atoms with E-state index in [9.17, 15) is 14.7 Å². The molecule has 0 radical (unpaired) electrons. The number of hydrogen-bond donors (Lipinski definition) is 1. The van der Waals surface area contributed by atoms with Gasteiger partial charge in [0.05, 0.1) is 12.3 Å². The van der Waals surface area contributed by atoms with Crippen LogP contribution in [0.1, 0.15) is 40.0 Å². The van der Waals surface area contributed by atoms with E-state index in [1.54, 1.807) is 26.8 Å². The predicted molar refractivity (Wildman–Crippen MR) is 92.3 cm³/mol. The van der Waals surface area contributed by atoms with Crippen molar-refractivity contribution in [3.05, 3.63) is 34.9 Å². The third-order valence-electron chi connectivity index (χ3n) is 4.23. The molecule has 0 saturated carbocycles. The largest absolute Gasteiger partial charge is 0.510 e. The van der Waals surface area contributed by atoms with Crippen LogP contribution in [-0.2, 0) is 14.3 Å². The monoisotopic (exact) mass is 342 g/mol. The van der Waals surface area contributed by atoms with Crippen LogP contribution in [0.25, 0.3) is 0 Å². The summed E-state index contributed by atoms with van der Waals surface area (Å²) in [5.41, 5.74) is 0.394. The van der Waals surface area contributed by atoms with Crippen molar-refractivity contribution >= 4 is 11.8 Å². The molecule has 0 bridgehead atoms. The Morgan fingerprint density at radius 3 is 2.84 bits per heavy atom. The van der Waals surface area contributed by atoms with E-state index in [2.05, 4.69) is 16.1 Å². The number of Topliss-reactive ketones (excluding diaryl/α,β-unsaturated/α-hetero) is 1. The Hall–Kier alpha value is -2.68. The van der Waals surface area contributed by atoms with Gasteiger partial charge in [0.25, 0.3) is 0 Å². The number of azo groups is 1. The Balaban J connectivity index is 2.31. The van der Waals surface area contributed by atoms with E-state index in [1.807, 2.05) is 6.08 Å². The molecule has 0 aromatic rings. The van der Waals surface area contributed by atoms with Crippen LogP contribution in [0.15, 0.2) is 45.1 Å². The summed E-state index contributed by atoms with van der Waals surface area (Å²) in [4.78, 5) is 24.9. The Morgan fingerprint density at radius 1 is 1.48 bits per heavy atom. The molecule has 0 aromatic carbocycles. The molecule has 132 valence electrons. The summed E-state index contributed by atoms with van der Waals surface area (Å²) in [5, 5.41) is 18.2. The predicted octanol–water partition coefficient (Wildman–Crippen LogP) is 3.62. The lowest BCUT2D eigenvalue weighted by Crippen LogP contribution is -2.42. The second-order valence-corrected chi connectivity index (χ2v) is 6.69. The van der Waals surface area contributed by atoms with Gasteiger partial charge in [-0.15, -0.1) is 11.5 Å². The number of ether oxygens (including phenoxy) is 1. The third-order valence-corrected chi connectivity index (χ3v) is 4.23. The van der Waals surface area contributed by atoms with Crippen LogP contribution in [-0.4, -0.2) is 23.5 Å². The summed E-state index contributed by atoms with van der Waals surface area (Å²) in [6.45, 7) is 5.34. The number of rotatable bonds is 4. The van der Waals surface area contributed by atoms with Crippen molar-refractivity contribution in [3.63, 3.8) is 0 Å². The summed E-state index contributed by atoms with van der Waals surface area (Å²) >= 11 is 0. The maximum atomic E-state index is 12.7. The fraction of sp³-hybridized carbons (Fsp3) is 0.474. The Kier molecular flexibility index (Phi) is 5.58. The minimum Gasteiger partial charge on any atom is -0.510 e. The van der Waals surface area contributed by atoms with Gasteiger partial charge in [-0.25, -0.2) is 0 Å². The zero-order valence-corrected chi connectivity index (χ0v) is 14.7. The summed E-state index contributed by atoms with van der Waals surface area (Å²) in [6, 6.07) is 0. The number of ketones is 1. The van der Waals surface area contributed by atoms with E-state index in [0.29, 0.717) is 17.7 Å². The third kappa shape index (κ3) is 4.05. The normalized spacial score (nSPS) is 23.1. The van der Waals surface area contributed by atoms with Crippen molar-refractivity contribution in [3.8, 4) is 12.3 Å². The van der Waals surface area contributed by atoms with Gasteiger partial charge in [0.1, 0.15) is 11.7 Å². The van der Waals surface area contributed by atoms with Gasteiger partial charge in [-0.05, 0) is 31.3 Å². The zero-order chi connectivity index (χ0) is 18.6. The first-order chi connectivity index (χ1) is 11.8. The Labute approximate surface area is 147 Å². The van der Waals surface area contributed by atoms with Crippen molar-refractivity contribution < 1.29 is 19.4 Å². The molecule has 0 saturated heterocycles. The van der Waals surface area contributed by atoms with Gasteiger partial charge in [-0.1, -0.05) is 25.8 Å². The summed E-state index contributed by atoms with van der Waals surface area (Å²) in [7, 11) is 0. The van der Waals surface area contributed by atoms with E-state index in [0.717, 1.165) is 6.42 Å². The minimum atomic E-state index is -1.01. The molecule has 0 fully saturated rings. The number of carbonyl (C=O) groups excluding carboxylic acids is 2. The van der Waals surface area contributed by atoms with Gasteiger partial charge in [0.2, 0.25) is 5.78 Å². The number of carbonyl (C=O) groups is 2. The molecule has 2 aliphatic rings. The number of aliphatic hydroxyl groups excluding tert-OH is 1. The number of esters is 1. The maximum absolute atomic E-state index is 12.7. The summed E-state index contributed by atoms with van der Waals surface area (Å²) in [5.74, 6) is 0.177. The molecule has 0 heterocycles. The molecule has 0 aromatic heterocycles. The lowest BCUT2D eigenvalue weighted by molar-refractivity contribution is -0.156. The molecule has 1 unspecified atom stereocenters. The second-order valence-electron chi connectivity index (χ2n) is 6.69. The van der Waals surface area contributed by atoms with Gasteiger partial charge in [0.15, 0.2) is 5.70 Å². The van der Waals surface area contributed by atoms with E-state index in [-0.39, 0.29) is 24.5 Å². The molecular weight excluding hydrogens is 320 g/mol. The maximum Gasteiger partial charge on any atom is 0.317 e. The molecule has 2 aliphatic carbocycles. The molecule has 1 N–H and O–H groups in total. The first-order valence-electron chi connectivity index (χ1n) is 8.22. The standard InChI is InChI=1S/C19H22N2O4/c1-5-12-8-7-9-13(10-12)20-21-16-14(22)11-19(3,4)15(17(16)23)18(24)25-6-2/h1,8,10,15,22H,6-7,9,11H2,2-4H3/b21-20+. The average Bonchev–Trinajstić information content (AvgIpc) is 2.53. The number of hydrogen-bond acceptors (Lipinski definition) is 6. The number of nitrogens with zero attached hydrogens (tertiary/aromatic N) is 2.